The molecule has 1 aliphatic carbocycles. The molecule has 0 N–H and O–H groups in total. The Labute approximate surface area is 206 Å². The molecule has 34 heavy (non-hydrogen) atoms. The number of carbonyl (C=O) groups excluding carboxylic acids is 1. The third-order valence-electron chi connectivity index (χ3n) is 6.71. The molecular formula is C27H25N3O2S2. The molecule has 1 fully saturated rings. The van der Waals surface area contributed by atoms with Crippen molar-refractivity contribution in [3.05, 3.63) is 87.0 Å². The maximum atomic E-state index is 13.8. The number of hydrogen-bond donors (Lipinski definition) is 0. The van der Waals surface area contributed by atoms with Crippen LogP contribution in [0.4, 0.5) is 0 Å². The van der Waals surface area contributed by atoms with Crippen molar-refractivity contribution in [1.29, 1.82) is 0 Å². The first-order chi connectivity index (χ1) is 16.6. The van der Waals surface area contributed by atoms with Gasteiger partial charge >= 0.3 is 0 Å². The molecule has 172 valence electrons. The quantitative estimate of drug-likeness (QED) is 0.280. The average Bonchev–Trinajstić information content (AvgIpc) is 3.63. The van der Waals surface area contributed by atoms with Gasteiger partial charge in [-0.25, -0.2) is 4.98 Å². The number of thiophene rings is 1. The predicted octanol–water partition coefficient (Wildman–Crippen LogP) is 5.39. The van der Waals surface area contributed by atoms with Crippen LogP contribution in [0.5, 0.6) is 0 Å². The van der Waals surface area contributed by atoms with Gasteiger partial charge in [-0.15, -0.1) is 11.3 Å². The molecule has 2 aromatic carbocycles. The summed E-state index contributed by atoms with van der Waals surface area (Å²) in [5.74, 6) is 0.562. The van der Waals surface area contributed by atoms with E-state index in [0.717, 1.165) is 40.7 Å². The number of para-hydroxylation sites is 1. The standard InChI is InChI=1S/C27H25N3O2S2/c1-17(25(31)29-14-13-18-7-5-6-8-20(18)15-29)34-27-28-24-23(22(16-33-24)19-11-12-19)26(32)30(27)21-9-3-2-4-10-21/h2-10,16-17,19H,11-15H2,1H3. The lowest BCUT2D eigenvalue weighted by Gasteiger charge is -2.30. The Kier molecular flexibility index (Phi) is 5.54. The van der Waals surface area contributed by atoms with E-state index in [9.17, 15) is 9.59 Å². The molecule has 4 aromatic rings. The largest absolute Gasteiger partial charge is 0.337 e. The Morgan fingerprint density at radius 1 is 1.09 bits per heavy atom. The normalized spacial score (nSPS) is 16.4. The van der Waals surface area contributed by atoms with Crippen LogP contribution in [0.3, 0.4) is 0 Å². The second kappa shape index (κ2) is 8.71. The van der Waals surface area contributed by atoms with Gasteiger partial charge in [-0.3, -0.25) is 14.2 Å². The molecule has 7 heteroatoms. The molecule has 0 saturated heterocycles. The van der Waals surface area contributed by atoms with Crippen LogP contribution in [0, 0.1) is 0 Å². The maximum Gasteiger partial charge on any atom is 0.267 e. The molecule has 1 unspecified atom stereocenters. The fourth-order valence-electron chi connectivity index (χ4n) is 4.72. The van der Waals surface area contributed by atoms with Crippen molar-refractivity contribution in [3.63, 3.8) is 0 Å². The van der Waals surface area contributed by atoms with Gasteiger partial charge in [-0.1, -0.05) is 54.2 Å². The molecular weight excluding hydrogens is 462 g/mol. The molecule has 1 aliphatic heterocycles. The zero-order valence-corrected chi connectivity index (χ0v) is 20.6. The summed E-state index contributed by atoms with van der Waals surface area (Å²) in [6.45, 7) is 3.27. The van der Waals surface area contributed by atoms with E-state index in [1.54, 1.807) is 4.57 Å². The van der Waals surface area contributed by atoms with E-state index in [0.29, 0.717) is 24.2 Å². The summed E-state index contributed by atoms with van der Waals surface area (Å²) in [4.78, 5) is 34.8. The Bertz CT molecular complexity index is 1440. The van der Waals surface area contributed by atoms with Gasteiger partial charge in [0.25, 0.3) is 5.56 Å². The number of nitrogens with zero attached hydrogens (tertiary/aromatic N) is 3. The lowest BCUT2D eigenvalue weighted by molar-refractivity contribution is -0.131. The molecule has 1 atom stereocenters. The summed E-state index contributed by atoms with van der Waals surface area (Å²) in [5, 5.41) is 3.06. The third kappa shape index (κ3) is 3.87. The number of aromatic nitrogens is 2. The number of amides is 1. The van der Waals surface area contributed by atoms with Gasteiger partial charge in [-0.2, -0.15) is 0 Å². The van der Waals surface area contributed by atoms with Crippen molar-refractivity contribution in [2.45, 2.75) is 49.1 Å². The lowest BCUT2D eigenvalue weighted by Crippen LogP contribution is -2.40. The van der Waals surface area contributed by atoms with Crippen molar-refractivity contribution < 1.29 is 4.79 Å². The lowest BCUT2D eigenvalue weighted by atomic mass is 10.00. The van der Waals surface area contributed by atoms with Crippen LogP contribution in [-0.2, 0) is 17.8 Å². The topological polar surface area (TPSA) is 55.2 Å². The van der Waals surface area contributed by atoms with E-state index in [-0.39, 0.29) is 16.7 Å². The van der Waals surface area contributed by atoms with Gasteiger partial charge in [0, 0.05) is 13.1 Å². The maximum absolute atomic E-state index is 13.8. The minimum absolute atomic E-state index is 0.0339. The Morgan fingerprint density at radius 2 is 1.82 bits per heavy atom. The number of carbonyl (C=O) groups is 1. The second-order valence-electron chi connectivity index (χ2n) is 9.05. The zero-order chi connectivity index (χ0) is 23.2. The van der Waals surface area contributed by atoms with Crippen molar-refractivity contribution in [3.8, 4) is 5.69 Å². The summed E-state index contributed by atoms with van der Waals surface area (Å²) < 4.78 is 1.70. The van der Waals surface area contributed by atoms with Gasteiger partial charge in [0.15, 0.2) is 5.16 Å². The molecule has 2 aromatic heterocycles. The van der Waals surface area contributed by atoms with E-state index in [1.807, 2.05) is 48.2 Å². The summed E-state index contributed by atoms with van der Waals surface area (Å²) in [5.41, 5.74) is 4.42. The molecule has 0 bridgehead atoms. The second-order valence-corrected chi connectivity index (χ2v) is 11.2. The minimum Gasteiger partial charge on any atom is -0.337 e. The molecule has 5 nitrogen and oxygen atoms in total. The van der Waals surface area contributed by atoms with Gasteiger partial charge in [0.2, 0.25) is 5.91 Å². The molecule has 2 aliphatic rings. The molecule has 0 spiro atoms. The number of hydrogen-bond acceptors (Lipinski definition) is 5. The van der Waals surface area contributed by atoms with Crippen LogP contribution in [-0.4, -0.2) is 32.2 Å². The first-order valence-electron chi connectivity index (χ1n) is 11.7. The minimum atomic E-state index is -0.354. The van der Waals surface area contributed by atoms with E-state index in [1.165, 1.54) is 34.2 Å². The summed E-state index contributed by atoms with van der Waals surface area (Å²) in [6, 6.07) is 18.0. The first-order valence-corrected chi connectivity index (χ1v) is 13.5. The Hall–Kier alpha value is -2.90. The summed E-state index contributed by atoms with van der Waals surface area (Å²) in [6.07, 6.45) is 3.15. The molecule has 3 heterocycles. The Balaban J connectivity index is 1.35. The molecule has 1 saturated carbocycles. The van der Waals surface area contributed by atoms with Crippen LogP contribution in [0.25, 0.3) is 15.9 Å². The summed E-state index contributed by atoms with van der Waals surface area (Å²) in [7, 11) is 0. The van der Waals surface area contributed by atoms with Gasteiger partial charge < -0.3 is 4.90 Å². The average molecular weight is 488 g/mol. The van der Waals surface area contributed by atoms with E-state index < -0.39 is 0 Å². The highest BCUT2D eigenvalue weighted by atomic mass is 32.2. The van der Waals surface area contributed by atoms with Crippen LogP contribution in [0.1, 0.15) is 42.4 Å². The highest BCUT2D eigenvalue weighted by Gasteiger charge is 2.31. The molecule has 6 rings (SSSR count). The highest BCUT2D eigenvalue weighted by molar-refractivity contribution is 8.00. The van der Waals surface area contributed by atoms with Crippen LogP contribution in [0.15, 0.2) is 69.9 Å². The fourth-order valence-corrected chi connectivity index (χ4v) is 6.79. The van der Waals surface area contributed by atoms with Crippen molar-refractivity contribution in [1.82, 2.24) is 14.5 Å². The number of benzene rings is 2. The van der Waals surface area contributed by atoms with E-state index in [4.69, 9.17) is 4.98 Å². The van der Waals surface area contributed by atoms with E-state index in [2.05, 4.69) is 23.6 Å². The van der Waals surface area contributed by atoms with Crippen molar-refractivity contribution >= 4 is 39.2 Å². The molecule has 0 radical (unpaired) electrons. The first kappa shape index (κ1) is 21.6. The Morgan fingerprint density at radius 3 is 2.59 bits per heavy atom. The van der Waals surface area contributed by atoms with Crippen LogP contribution >= 0.6 is 23.1 Å². The smallest absolute Gasteiger partial charge is 0.267 e. The number of thioether (sulfide) groups is 1. The summed E-state index contributed by atoms with van der Waals surface area (Å²) >= 11 is 2.91. The van der Waals surface area contributed by atoms with Gasteiger partial charge in [0.05, 0.1) is 16.3 Å². The van der Waals surface area contributed by atoms with Crippen molar-refractivity contribution in [2.24, 2.45) is 0 Å². The number of fused-ring (bicyclic) bond motifs is 2. The zero-order valence-electron chi connectivity index (χ0n) is 18.9. The third-order valence-corrected chi connectivity index (χ3v) is 8.64. The van der Waals surface area contributed by atoms with E-state index >= 15 is 0 Å². The van der Waals surface area contributed by atoms with Gasteiger partial charge in [0.1, 0.15) is 4.83 Å². The fraction of sp³-hybridized carbons (Fsp3) is 0.296. The van der Waals surface area contributed by atoms with Crippen LogP contribution in [0.2, 0.25) is 0 Å². The van der Waals surface area contributed by atoms with Crippen LogP contribution < -0.4 is 5.56 Å². The monoisotopic (exact) mass is 487 g/mol. The number of rotatable bonds is 5. The van der Waals surface area contributed by atoms with Gasteiger partial charge in [-0.05, 0) is 66.3 Å². The SMILES string of the molecule is CC(Sc1nc2scc(C3CC3)c2c(=O)n1-c1ccccc1)C(=O)N1CCc2ccccc2C1. The van der Waals surface area contributed by atoms with Crippen molar-refractivity contribution in [2.75, 3.05) is 6.54 Å². The predicted molar refractivity (Wildman–Crippen MR) is 138 cm³/mol. The highest BCUT2D eigenvalue weighted by Crippen LogP contribution is 2.44. The molecule has 1 amide bonds.